The molecule has 0 aliphatic carbocycles. The zero-order valence-electron chi connectivity index (χ0n) is 21.1. The first-order chi connectivity index (χ1) is 16.4. The number of carbonyl (C=O) groups is 2. The number of halogens is 2. The fraction of sp³-hybridized carbons (Fsp3) is 0.704. The smallest absolute Gasteiger partial charge is 0.323 e. The zero-order chi connectivity index (χ0) is 25.0. The fourth-order valence-corrected chi connectivity index (χ4v) is 4.58. The molecule has 2 rings (SSSR count). The monoisotopic (exact) mass is 481 g/mol. The highest BCUT2D eigenvalue weighted by Gasteiger charge is 2.50. The van der Waals surface area contributed by atoms with Gasteiger partial charge in [-0.25, -0.2) is 8.78 Å². The summed E-state index contributed by atoms with van der Waals surface area (Å²) in [7, 11) is 0. The quantitative estimate of drug-likeness (QED) is 0.186. The largest absolute Gasteiger partial charge is 0.465 e. The van der Waals surface area contributed by atoms with Crippen LogP contribution in [-0.2, 0) is 32.0 Å². The highest BCUT2D eigenvalue weighted by Crippen LogP contribution is 2.35. The van der Waals surface area contributed by atoms with Gasteiger partial charge in [-0.05, 0) is 45.1 Å². The van der Waals surface area contributed by atoms with Crippen molar-refractivity contribution in [3.05, 3.63) is 34.9 Å². The van der Waals surface area contributed by atoms with Crippen molar-refractivity contribution in [3.8, 4) is 0 Å². The summed E-state index contributed by atoms with van der Waals surface area (Å²) in [5.74, 6) is -2.69. The Morgan fingerprint density at radius 2 is 1.32 bits per heavy atom. The van der Waals surface area contributed by atoms with Gasteiger partial charge in [0, 0.05) is 25.2 Å². The van der Waals surface area contributed by atoms with E-state index < -0.39 is 29.0 Å². The van der Waals surface area contributed by atoms with E-state index in [-0.39, 0.29) is 32.6 Å². The number of carbonyl (C=O) groups excluding carboxylic acids is 2. The van der Waals surface area contributed by atoms with Gasteiger partial charge in [-0.1, -0.05) is 57.6 Å². The number of nitrogens with zero attached hydrogens (tertiary/aromatic N) is 1. The van der Waals surface area contributed by atoms with E-state index in [0.29, 0.717) is 30.6 Å². The van der Waals surface area contributed by atoms with E-state index in [2.05, 4.69) is 6.92 Å². The molecule has 0 spiro atoms. The first kappa shape index (κ1) is 28.2. The molecule has 1 aromatic rings. The minimum Gasteiger partial charge on any atom is -0.465 e. The standard InChI is InChI=1S/C27H41F2NO4/c1-4-7-8-9-10-11-12-13-21-14-15-22(24(29)23(21)28)20-30-18-16-27(17-19-30,25(31)33-5-2)26(32)34-6-3/h14-15H,4-13,16-20H2,1-3H3. The van der Waals surface area contributed by atoms with Crippen LogP contribution in [0.25, 0.3) is 0 Å². The Hall–Kier alpha value is -2.02. The lowest BCUT2D eigenvalue weighted by Crippen LogP contribution is -2.50. The second kappa shape index (κ2) is 14.4. The summed E-state index contributed by atoms with van der Waals surface area (Å²) in [6, 6.07) is 3.35. The average Bonchev–Trinajstić information content (AvgIpc) is 2.83. The van der Waals surface area contributed by atoms with E-state index in [1.165, 1.54) is 25.7 Å². The number of hydrogen-bond acceptors (Lipinski definition) is 5. The lowest BCUT2D eigenvalue weighted by molar-refractivity contribution is -0.176. The SMILES string of the molecule is CCCCCCCCCc1ccc(CN2CCC(C(=O)OCC)(C(=O)OCC)CC2)c(F)c1F. The molecular formula is C27H41F2NO4. The van der Waals surface area contributed by atoms with Crippen molar-refractivity contribution in [3.63, 3.8) is 0 Å². The molecule has 34 heavy (non-hydrogen) atoms. The summed E-state index contributed by atoms with van der Waals surface area (Å²) in [6.07, 6.45) is 8.94. The van der Waals surface area contributed by atoms with Crippen LogP contribution < -0.4 is 0 Å². The number of unbranched alkanes of at least 4 members (excludes halogenated alkanes) is 6. The van der Waals surface area contributed by atoms with Crippen molar-refractivity contribution in [2.45, 2.75) is 91.5 Å². The first-order valence-electron chi connectivity index (χ1n) is 12.9. The van der Waals surface area contributed by atoms with E-state index in [4.69, 9.17) is 9.47 Å². The predicted molar refractivity (Wildman–Crippen MR) is 128 cm³/mol. The molecule has 192 valence electrons. The maximum Gasteiger partial charge on any atom is 0.323 e. The van der Waals surface area contributed by atoms with Crippen molar-refractivity contribution < 1.29 is 27.8 Å². The van der Waals surface area contributed by atoms with Crippen LogP contribution in [0.2, 0.25) is 0 Å². The Labute approximate surface area is 203 Å². The van der Waals surface area contributed by atoms with Crippen LogP contribution in [0.3, 0.4) is 0 Å². The molecule has 5 nitrogen and oxygen atoms in total. The van der Waals surface area contributed by atoms with Gasteiger partial charge in [0.05, 0.1) is 13.2 Å². The molecular weight excluding hydrogens is 440 g/mol. The molecule has 1 fully saturated rings. The fourth-order valence-electron chi connectivity index (χ4n) is 4.58. The van der Waals surface area contributed by atoms with Crippen molar-refractivity contribution in [1.82, 2.24) is 4.90 Å². The molecule has 0 N–H and O–H groups in total. The van der Waals surface area contributed by atoms with E-state index in [1.54, 1.807) is 26.0 Å². The van der Waals surface area contributed by atoms with Crippen molar-refractivity contribution in [2.75, 3.05) is 26.3 Å². The van der Waals surface area contributed by atoms with Crippen molar-refractivity contribution >= 4 is 11.9 Å². The van der Waals surface area contributed by atoms with E-state index in [0.717, 1.165) is 19.3 Å². The number of aryl methyl sites for hydroxylation is 1. The second-order valence-electron chi connectivity index (χ2n) is 9.18. The molecule has 1 aliphatic rings. The maximum atomic E-state index is 14.8. The highest BCUT2D eigenvalue weighted by atomic mass is 19.2. The van der Waals surface area contributed by atoms with Crippen LogP contribution in [-0.4, -0.2) is 43.1 Å². The van der Waals surface area contributed by atoms with Crippen LogP contribution in [0.15, 0.2) is 12.1 Å². The number of piperidine rings is 1. The normalized spacial score (nSPS) is 15.8. The van der Waals surface area contributed by atoms with E-state index >= 15 is 0 Å². The third-order valence-electron chi connectivity index (χ3n) is 6.73. The van der Waals surface area contributed by atoms with Crippen molar-refractivity contribution in [2.24, 2.45) is 5.41 Å². The van der Waals surface area contributed by atoms with Gasteiger partial charge in [0.2, 0.25) is 0 Å². The van der Waals surface area contributed by atoms with Gasteiger partial charge in [0.1, 0.15) is 0 Å². The number of esters is 2. The summed E-state index contributed by atoms with van der Waals surface area (Å²) in [5, 5.41) is 0. The summed E-state index contributed by atoms with van der Waals surface area (Å²) < 4.78 is 39.8. The van der Waals surface area contributed by atoms with Gasteiger partial charge >= 0.3 is 11.9 Å². The second-order valence-corrected chi connectivity index (χ2v) is 9.18. The number of hydrogen-bond donors (Lipinski definition) is 0. The number of ether oxygens (including phenoxy) is 2. The molecule has 0 saturated carbocycles. The Balaban J connectivity index is 1.93. The van der Waals surface area contributed by atoms with Gasteiger partial charge in [0.25, 0.3) is 0 Å². The van der Waals surface area contributed by atoms with Gasteiger partial charge in [0.15, 0.2) is 17.0 Å². The third kappa shape index (κ3) is 7.49. The minimum absolute atomic E-state index is 0.180. The Kier molecular flexibility index (Phi) is 11.9. The van der Waals surface area contributed by atoms with Gasteiger partial charge in [-0.3, -0.25) is 14.5 Å². The highest BCUT2D eigenvalue weighted by molar-refractivity contribution is 6.00. The van der Waals surface area contributed by atoms with Crippen molar-refractivity contribution in [1.29, 1.82) is 0 Å². The van der Waals surface area contributed by atoms with Crippen LogP contribution >= 0.6 is 0 Å². The molecule has 0 atom stereocenters. The molecule has 1 aromatic carbocycles. The number of likely N-dealkylation sites (tertiary alicyclic amines) is 1. The molecule has 1 aliphatic heterocycles. The van der Waals surface area contributed by atoms with Crippen LogP contribution in [0.4, 0.5) is 8.78 Å². The van der Waals surface area contributed by atoms with Gasteiger partial charge < -0.3 is 9.47 Å². The van der Waals surface area contributed by atoms with Gasteiger partial charge in [-0.2, -0.15) is 0 Å². The molecule has 0 radical (unpaired) electrons. The lowest BCUT2D eigenvalue weighted by atomic mass is 9.78. The Morgan fingerprint density at radius 1 is 0.824 bits per heavy atom. The molecule has 1 saturated heterocycles. The van der Waals surface area contributed by atoms with Crippen LogP contribution in [0.1, 0.15) is 89.7 Å². The Morgan fingerprint density at radius 3 is 1.88 bits per heavy atom. The third-order valence-corrected chi connectivity index (χ3v) is 6.73. The summed E-state index contributed by atoms with van der Waals surface area (Å²) >= 11 is 0. The number of benzene rings is 1. The van der Waals surface area contributed by atoms with Crippen LogP contribution in [0.5, 0.6) is 0 Å². The maximum absolute atomic E-state index is 14.8. The molecule has 1 heterocycles. The van der Waals surface area contributed by atoms with Gasteiger partial charge in [-0.15, -0.1) is 0 Å². The predicted octanol–water partition coefficient (Wildman–Crippen LogP) is 5.97. The lowest BCUT2D eigenvalue weighted by Gasteiger charge is -2.38. The zero-order valence-corrected chi connectivity index (χ0v) is 21.1. The Bertz CT molecular complexity index is 771. The average molecular weight is 482 g/mol. The molecule has 7 heteroatoms. The molecule has 0 unspecified atom stereocenters. The molecule has 0 amide bonds. The summed E-state index contributed by atoms with van der Waals surface area (Å²) in [6.45, 7) is 6.94. The van der Waals surface area contributed by atoms with E-state index in [1.807, 2.05) is 4.90 Å². The molecule has 0 bridgehead atoms. The molecule has 0 aromatic heterocycles. The van der Waals surface area contributed by atoms with Crippen LogP contribution in [0, 0.1) is 17.0 Å². The number of rotatable bonds is 14. The first-order valence-corrected chi connectivity index (χ1v) is 12.9. The summed E-state index contributed by atoms with van der Waals surface area (Å²) in [5.41, 5.74) is -0.607. The summed E-state index contributed by atoms with van der Waals surface area (Å²) in [4.78, 5) is 27.1. The van der Waals surface area contributed by atoms with E-state index in [9.17, 15) is 18.4 Å². The topological polar surface area (TPSA) is 55.8 Å². The minimum atomic E-state index is -1.33.